The van der Waals surface area contributed by atoms with Crippen molar-refractivity contribution in [1.29, 1.82) is 0 Å². The molecule has 4 aromatic rings. The minimum absolute atomic E-state index is 0.00220. The van der Waals surface area contributed by atoms with Crippen LogP contribution >= 0.6 is 23.2 Å². The van der Waals surface area contributed by atoms with Crippen LogP contribution in [0.3, 0.4) is 0 Å². The van der Waals surface area contributed by atoms with Crippen LogP contribution in [0, 0.1) is 0 Å². The maximum Gasteiger partial charge on any atom is 0.264 e. The summed E-state index contributed by atoms with van der Waals surface area (Å²) < 4.78 is 34.7. The number of hydrogen-bond acceptors (Lipinski definition) is 5. The fourth-order valence-electron chi connectivity index (χ4n) is 4.87. The number of amides is 2. The Morgan fingerprint density at radius 2 is 1.43 bits per heavy atom. The van der Waals surface area contributed by atoms with Crippen molar-refractivity contribution < 1.29 is 22.7 Å². The van der Waals surface area contributed by atoms with E-state index < -0.39 is 40.0 Å². The van der Waals surface area contributed by atoms with Crippen molar-refractivity contribution in [3.05, 3.63) is 124 Å². The highest BCUT2D eigenvalue weighted by Gasteiger charge is 2.36. The number of ether oxygens (including phenoxy) is 1. The standard InChI is InChI=1S/C35H37Cl2N3O5S/c1-35(2,3)38-34(42)32(21-25-13-7-5-8-14-25)39(23-29-30(36)19-12-20-31(29)37)33(41)24-40(26-15-11-16-27(22-26)45-4)46(43,44)28-17-9-6-10-18-28/h5-20,22,32H,21,23-24H2,1-4H3,(H,38,42). The molecular formula is C35H37Cl2N3O5S. The van der Waals surface area contributed by atoms with Crippen LogP contribution in [-0.2, 0) is 32.6 Å². The van der Waals surface area contributed by atoms with Crippen molar-refractivity contribution >= 4 is 50.7 Å². The van der Waals surface area contributed by atoms with E-state index in [9.17, 15) is 18.0 Å². The highest BCUT2D eigenvalue weighted by atomic mass is 35.5. The Kier molecular flexibility index (Phi) is 11.4. The van der Waals surface area contributed by atoms with E-state index in [1.807, 2.05) is 51.1 Å². The second kappa shape index (κ2) is 15.0. The summed E-state index contributed by atoms with van der Waals surface area (Å²) in [5, 5.41) is 3.61. The van der Waals surface area contributed by atoms with Gasteiger partial charge in [-0.1, -0.05) is 83.9 Å². The number of nitrogens with one attached hydrogen (secondary N) is 1. The maximum atomic E-state index is 14.6. The molecule has 0 radical (unpaired) electrons. The molecule has 11 heteroatoms. The van der Waals surface area contributed by atoms with Crippen LogP contribution in [0.4, 0.5) is 5.69 Å². The van der Waals surface area contributed by atoms with Gasteiger partial charge in [-0.2, -0.15) is 0 Å². The van der Waals surface area contributed by atoms with Crippen LogP contribution in [-0.4, -0.2) is 50.4 Å². The van der Waals surface area contributed by atoms with Gasteiger partial charge in [0.05, 0.1) is 17.7 Å². The highest BCUT2D eigenvalue weighted by Crippen LogP contribution is 2.30. The molecule has 0 bridgehead atoms. The number of benzene rings is 4. The number of sulfonamides is 1. The Bertz CT molecular complexity index is 1740. The Hall–Kier alpha value is -4.05. The summed E-state index contributed by atoms with van der Waals surface area (Å²) in [5.41, 5.74) is 0.832. The largest absolute Gasteiger partial charge is 0.497 e. The lowest BCUT2D eigenvalue weighted by Gasteiger charge is -2.35. The van der Waals surface area contributed by atoms with Gasteiger partial charge in [-0.25, -0.2) is 8.42 Å². The fourth-order valence-corrected chi connectivity index (χ4v) is 6.82. The van der Waals surface area contributed by atoms with Gasteiger partial charge in [0.1, 0.15) is 18.3 Å². The quantitative estimate of drug-likeness (QED) is 0.178. The smallest absolute Gasteiger partial charge is 0.264 e. The first-order valence-corrected chi connectivity index (χ1v) is 16.8. The van der Waals surface area contributed by atoms with E-state index in [-0.39, 0.29) is 23.5 Å². The van der Waals surface area contributed by atoms with E-state index in [4.69, 9.17) is 27.9 Å². The summed E-state index contributed by atoms with van der Waals surface area (Å²) in [5.74, 6) is -0.639. The number of anilines is 1. The molecule has 0 aliphatic heterocycles. The van der Waals surface area contributed by atoms with Gasteiger partial charge in [-0.15, -0.1) is 0 Å². The van der Waals surface area contributed by atoms with Gasteiger partial charge in [-0.3, -0.25) is 13.9 Å². The molecule has 242 valence electrons. The van der Waals surface area contributed by atoms with Crippen LogP contribution in [0.15, 0.2) is 108 Å². The first-order chi connectivity index (χ1) is 21.8. The first kappa shape index (κ1) is 34.8. The molecule has 1 unspecified atom stereocenters. The van der Waals surface area contributed by atoms with Gasteiger partial charge in [0, 0.05) is 40.2 Å². The molecule has 46 heavy (non-hydrogen) atoms. The van der Waals surface area contributed by atoms with E-state index in [1.54, 1.807) is 54.6 Å². The zero-order chi connectivity index (χ0) is 33.5. The molecule has 0 aromatic heterocycles. The number of methoxy groups -OCH3 is 1. The van der Waals surface area contributed by atoms with E-state index in [1.165, 1.54) is 30.2 Å². The number of rotatable bonds is 12. The minimum atomic E-state index is -4.25. The van der Waals surface area contributed by atoms with E-state index in [2.05, 4.69) is 5.32 Å². The molecule has 2 amide bonds. The highest BCUT2D eigenvalue weighted by molar-refractivity contribution is 7.92. The summed E-state index contributed by atoms with van der Waals surface area (Å²) in [6.45, 7) is 4.76. The Morgan fingerprint density at radius 1 is 0.848 bits per heavy atom. The van der Waals surface area contributed by atoms with Crippen molar-refractivity contribution in [2.45, 2.75) is 50.2 Å². The van der Waals surface area contributed by atoms with Crippen LogP contribution in [0.5, 0.6) is 5.75 Å². The van der Waals surface area contributed by atoms with Crippen LogP contribution in [0.1, 0.15) is 31.9 Å². The molecule has 0 aliphatic rings. The number of nitrogens with zero attached hydrogens (tertiary/aromatic N) is 2. The molecule has 0 spiro atoms. The monoisotopic (exact) mass is 681 g/mol. The SMILES string of the molecule is COc1cccc(N(CC(=O)N(Cc2c(Cl)cccc2Cl)C(Cc2ccccc2)C(=O)NC(C)(C)C)S(=O)(=O)c2ccccc2)c1. The van der Waals surface area contributed by atoms with E-state index in [0.29, 0.717) is 21.4 Å². The Morgan fingerprint density at radius 3 is 2.02 bits per heavy atom. The van der Waals surface area contributed by atoms with Gasteiger partial charge in [0.25, 0.3) is 10.0 Å². The van der Waals surface area contributed by atoms with Crippen LogP contribution in [0.25, 0.3) is 0 Å². The van der Waals surface area contributed by atoms with Crippen molar-refractivity contribution in [3.8, 4) is 5.75 Å². The molecule has 0 saturated heterocycles. The van der Waals surface area contributed by atoms with Crippen molar-refractivity contribution in [2.75, 3.05) is 18.0 Å². The molecule has 4 rings (SSSR count). The van der Waals surface area contributed by atoms with E-state index in [0.717, 1.165) is 9.87 Å². The van der Waals surface area contributed by atoms with Gasteiger partial charge >= 0.3 is 0 Å². The van der Waals surface area contributed by atoms with Crippen LogP contribution in [0.2, 0.25) is 10.0 Å². The fraction of sp³-hybridized carbons (Fsp3) is 0.257. The third-order valence-electron chi connectivity index (χ3n) is 7.11. The molecule has 4 aromatic carbocycles. The van der Waals surface area contributed by atoms with Gasteiger partial charge in [0.2, 0.25) is 11.8 Å². The summed E-state index contributed by atoms with van der Waals surface area (Å²) in [6, 6.07) is 27.5. The topological polar surface area (TPSA) is 96.0 Å². The summed E-state index contributed by atoms with van der Waals surface area (Å²) in [7, 11) is -2.78. The van der Waals surface area contributed by atoms with Gasteiger partial charge in [-0.05, 0) is 62.7 Å². The molecule has 0 heterocycles. The zero-order valence-corrected chi connectivity index (χ0v) is 28.4. The van der Waals surface area contributed by atoms with Gasteiger partial charge in [0.15, 0.2) is 0 Å². The molecule has 8 nitrogen and oxygen atoms in total. The summed E-state index contributed by atoms with van der Waals surface area (Å²) in [4.78, 5) is 30.0. The third-order valence-corrected chi connectivity index (χ3v) is 9.61. The number of carbonyl (C=O) groups is 2. The normalized spacial score (nSPS) is 12.2. The lowest BCUT2D eigenvalue weighted by atomic mass is 10.0. The number of halogens is 2. The summed E-state index contributed by atoms with van der Waals surface area (Å²) >= 11 is 13.1. The van der Waals surface area contributed by atoms with Crippen LogP contribution < -0.4 is 14.4 Å². The molecule has 1 atom stereocenters. The minimum Gasteiger partial charge on any atom is -0.497 e. The average molecular weight is 683 g/mol. The molecule has 0 aliphatic carbocycles. The van der Waals surface area contributed by atoms with Crippen molar-refractivity contribution in [2.24, 2.45) is 0 Å². The van der Waals surface area contributed by atoms with Crippen molar-refractivity contribution in [3.63, 3.8) is 0 Å². The molecule has 1 N–H and O–H groups in total. The molecule has 0 saturated carbocycles. The summed E-state index contributed by atoms with van der Waals surface area (Å²) in [6.07, 6.45) is 0.154. The second-order valence-corrected chi connectivity index (χ2v) is 14.4. The first-order valence-electron chi connectivity index (χ1n) is 14.6. The Labute approximate surface area is 280 Å². The predicted molar refractivity (Wildman–Crippen MR) is 183 cm³/mol. The Balaban J connectivity index is 1.86. The van der Waals surface area contributed by atoms with E-state index >= 15 is 0 Å². The number of hydrogen-bond donors (Lipinski definition) is 1. The zero-order valence-electron chi connectivity index (χ0n) is 26.1. The number of carbonyl (C=O) groups excluding carboxylic acids is 2. The average Bonchev–Trinajstić information content (AvgIpc) is 3.02. The lowest BCUT2D eigenvalue weighted by Crippen LogP contribution is -2.56. The predicted octanol–water partition coefficient (Wildman–Crippen LogP) is 6.75. The maximum absolute atomic E-state index is 14.6. The lowest BCUT2D eigenvalue weighted by molar-refractivity contribution is -0.140. The molecule has 0 fully saturated rings. The second-order valence-electron chi connectivity index (χ2n) is 11.7. The third kappa shape index (κ3) is 8.81. The molecular weight excluding hydrogens is 645 g/mol. The van der Waals surface area contributed by atoms with Gasteiger partial charge < -0.3 is 15.0 Å². The van der Waals surface area contributed by atoms with Crippen molar-refractivity contribution in [1.82, 2.24) is 10.2 Å².